The summed E-state index contributed by atoms with van der Waals surface area (Å²) >= 11 is 1.12. The fraction of sp³-hybridized carbons (Fsp3) is 0.500. The predicted octanol–water partition coefficient (Wildman–Crippen LogP) is 2.18. The van der Waals surface area contributed by atoms with Crippen LogP contribution in [0.5, 0.6) is 0 Å². The smallest absolute Gasteiger partial charge is 0.139 e. The van der Waals surface area contributed by atoms with Gasteiger partial charge in [-0.2, -0.15) is 0 Å². The summed E-state index contributed by atoms with van der Waals surface area (Å²) in [4.78, 5) is 0.831. The van der Waals surface area contributed by atoms with Gasteiger partial charge in [0.2, 0.25) is 0 Å². The maximum Gasteiger partial charge on any atom is 0.139 e. The molecule has 0 rings (SSSR count). The molecule has 0 radical (unpaired) electrons. The van der Waals surface area contributed by atoms with E-state index < -0.39 is 0 Å². The zero-order valence-corrected chi connectivity index (χ0v) is 4.52. The molecule has 0 aromatic heterocycles. The molecule has 6 heavy (non-hydrogen) atoms. The molecule has 0 bridgehead atoms. The topological polar surface area (TPSA) is 0 Å². The number of hydrogen-bond acceptors (Lipinski definition) is 1. The van der Waals surface area contributed by atoms with Crippen LogP contribution < -0.4 is 0 Å². The van der Waals surface area contributed by atoms with Crippen LogP contribution in [0.1, 0.15) is 6.92 Å². The van der Waals surface area contributed by atoms with Crippen LogP contribution in [0.4, 0.5) is 4.39 Å². The quantitative estimate of drug-likeness (QED) is 0.520. The molecular weight excluding hydrogens is 99.1 g/mol. The van der Waals surface area contributed by atoms with E-state index in [1.165, 1.54) is 0 Å². The lowest BCUT2D eigenvalue weighted by Gasteiger charge is -1.84. The van der Waals surface area contributed by atoms with Crippen molar-refractivity contribution in [2.75, 3.05) is 6.01 Å². The molecule has 36 valence electrons. The summed E-state index contributed by atoms with van der Waals surface area (Å²) < 4.78 is 11.1. The van der Waals surface area contributed by atoms with Crippen molar-refractivity contribution in [3.63, 3.8) is 0 Å². The van der Waals surface area contributed by atoms with Gasteiger partial charge in [-0.3, -0.25) is 0 Å². The highest BCUT2D eigenvalue weighted by Gasteiger charge is 1.79. The van der Waals surface area contributed by atoms with Crippen molar-refractivity contribution in [2.24, 2.45) is 0 Å². The van der Waals surface area contributed by atoms with E-state index >= 15 is 0 Å². The van der Waals surface area contributed by atoms with E-state index in [1.54, 1.807) is 6.92 Å². The lowest BCUT2D eigenvalue weighted by molar-refractivity contribution is 0.606. The third kappa shape index (κ3) is 4.02. The Morgan fingerprint density at radius 3 is 2.50 bits per heavy atom. The lowest BCUT2D eigenvalue weighted by atomic mass is 10.8. The second-order valence-corrected chi connectivity index (χ2v) is 2.16. The Labute approximate surface area is 41.4 Å². The zero-order chi connectivity index (χ0) is 4.99. The Kier molecular flexibility index (Phi) is 3.23. The number of hydrogen-bond donors (Lipinski definition) is 0. The van der Waals surface area contributed by atoms with E-state index in [4.69, 9.17) is 0 Å². The first-order valence-electron chi connectivity index (χ1n) is 1.61. The number of allylic oxidation sites excluding steroid dienone is 1. The van der Waals surface area contributed by atoms with E-state index in [9.17, 15) is 4.39 Å². The van der Waals surface area contributed by atoms with Gasteiger partial charge in [-0.05, 0) is 11.8 Å². The molecule has 0 nitrogen and oxygen atoms in total. The summed E-state index contributed by atoms with van der Waals surface area (Å²) in [5.74, 6) is 0. The molecule has 0 aromatic carbocycles. The molecule has 2 heteroatoms. The Hall–Kier alpha value is 0.0200. The van der Waals surface area contributed by atoms with Crippen molar-refractivity contribution in [1.29, 1.82) is 0 Å². The van der Waals surface area contributed by atoms with Gasteiger partial charge in [0.25, 0.3) is 0 Å². The second-order valence-electron chi connectivity index (χ2n) is 0.955. The standard InChI is InChI=1S/C4H7FS/c1-4(2)6-3-5/h1,3H2,2H3. The van der Waals surface area contributed by atoms with Gasteiger partial charge in [-0.1, -0.05) is 18.3 Å². The van der Waals surface area contributed by atoms with E-state index in [2.05, 4.69) is 6.58 Å². The summed E-state index contributed by atoms with van der Waals surface area (Å²) in [7, 11) is 0. The van der Waals surface area contributed by atoms with Crippen molar-refractivity contribution >= 4 is 11.8 Å². The maximum atomic E-state index is 11.1. The summed E-state index contributed by atoms with van der Waals surface area (Å²) in [5.41, 5.74) is 0. The van der Waals surface area contributed by atoms with Crippen LogP contribution >= 0.6 is 11.8 Å². The molecule has 0 aliphatic heterocycles. The molecule has 0 N–H and O–H groups in total. The molecule has 0 atom stereocenters. The van der Waals surface area contributed by atoms with Gasteiger partial charge in [0.1, 0.15) is 6.01 Å². The lowest BCUT2D eigenvalue weighted by Crippen LogP contribution is -1.59. The van der Waals surface area contributed by atoms with Gasteiger partial charge < -0.3 is 0 Å². The van der Waals surface area contributed by atoms with Crippen molar-refractivity contribution in [3.8, 4) is 0 Å². The maximum absolute atomic E-state index is 11.1. The fourth-order valence-electron chi connectivity index (χ4n) is 0.0931. The van der Waals surface area contributed by atoms with Crippen molar-refractivity contribution in [2.45, 2.75) is 6.92 Å². The highest BCUT2D eigenvalue weighted by atomic mass is 32.2. The van der Waals surface area contributed by atoms with Gasteiger partial charge in [0, 0.05) is 0 Å². The van der Waals surface area contributed by atoms with Crippen molar-refractivity contribution in [3.05, 3.63) is 11.5 Å². The monoisotopic (exact) mass is 106 g/mol. The highest BCUT2D eigenvalue weighted by molar-refractivity contribution is 8.02. The van der Waals surface area contributed by atoms with Crippen molar-refractivity contribution < 1.29 is 4.39 Å². The second kappa shape index (κ2) is 3.22. The molecule has 0 aliphatic carbocycles. The molecule has 0 aliphatic rings. The Balaban J connectivity index is 2.83. The SMILES string of the molecule is C=C(C)SCF. The zero-order valence-electron chi connectivity index (χ0n) is 3.70. The first kappa shape index (κ1) is 6.02. The third-order valence-corrected chi connectivity index (χ3v) is 0.903. The minimum Gasteiger partial charge on any atom is -0.239 e. The van der Waals surface area contributed by atoms with E-state index in [0.29, 0.717) is 0 Å². The van der Waals surface area contributed by atoms with Gasteiger partial charge >= 0.3 is 0 Å². The molecular formula is C4H7FS. The summed E-state index contributed by atoms with van der Waals surface area (Å²) in [6, 6.07) is -0.352. The fourth-order valence-corrected chi connectivity index (χ4v) is 0.279. The van der Waals surface area contributed by atoms with Crippen molar-refractivity contribution in [1.82, 2.24) is 0 Å². The average Bonchev–Trinajstić information content (AvgIpc) is 1.35. The molecule has 0 fully saturated rings. The van der Waals surface area contributed by atoms with Crippen LogP contribution in [0, 0.1) is 0 Å². The number of rotatable bonds is 2. The van der Waals surface area contributed by atoms with Gasteiger partial charge in [0.05, 0.1) is 0 Å². The molecule has 0 aromatic rings. The minimum absolute atomic E-state index is 0.352. The average molecular weight is 106 g/mol. The molecule has 0 amide bonds. The van der Waals surface area contributed by atoms with E-state index in [0.717, 1.165) is 16.7 Å². The van der Waals surface area contributed by atoms with Gasteiger partial charge in [0.15, 0.2) is 0 Å². The molecule has 0 spiro atoms. The predicted molar refractivity (Wildman–Crippen MR) is 28.4 cm³/mol. The molecule has 0 saturated carbocycles. The van der Waals surface area contributed by atoms with Crippen LogP contribution in [0.3, 0.4) is 0 Å². The number of alkyl halides is 1. The summed E-state index contributed by atoms with van der Waals surface area (Å²) in [6.07, 6.45) is 0. The first-order valence-corrected chi connectivity index (χ1v) is 2.60. The molecule has 0 unspecified atom stereocenters. The van der Waals surface area contributed by atoms with Crippen LogP contribution in [0.25, 0.3) is 0 Å². The Morgan fingerprint density at radius 2 is 2.50 bits per heavy atom. The Bertz CT molecular complexity index is 51.5. The summed E-state index contributed by atoms with van der Waals surface area (Å²) in [5, 5.41) is 0. The first-order chi connectivity index (χ1) is 2.77. The normalized spacial score (nSPS) is 8.33. The Morgan fingerprint density at radius 1 is 2.00 bits per heavy atom. The van der Waals surface area contributed by atoms with Crippen LogP contribution in [0.15, 0.2) is 11.5 Å². The molecule has 0 saturated heterocycles. The summed E-state index contributed by atoms with van der Waals surface area (Å²) in [6.45, 7) is 5.25. The van der Waals surface area contributed by atoms with Gasteiger partial charge in [-0.25, -0.2) is 4.39 Å². The molecule has 0 heterocycles. The van der Waals surface area contributed by atoms with Crippen LogP contribution in [-0.4, -0.2) is 6.01 Å². The van der Waals surface area contributed by atoms with Gasteiger partial charge in [-0.15, -0.1) is 0 Å². The van der Waals surface area contributed by atoms with Crippen LogP contribution in [0.2, 0.25) is 0 Å². The largest absolute Gasteiger partial charge is 0.239 e. The van der Waals surface area contributed by atoms with E-state index in [1.807, 2.05) is 0 Å². The highest BCUT2D eigenvalue weighted by Crippen LogP contribution is 2.10. The third-order valence-electron chi connectivity index (χ3n) is 0.301. The number of thioether (sulfide) groups is 1. The number of halogens is 1. The van der Waals surface area contributed by atoms with E-state index in [-0.39, 0.29) is 6.01 Å². The minimum atomic E-state index is -0.352. The van der Waals surface area contributed by atoms with Crippen LogP contribution in [-0.2, 0) is 0 Å².